The monoisotopic (exact) mass is 302 g/mol. The highest BCUT2D eigenvalue weighted by atomic mass is 16.6. The lowest BCUT2D eigenvalue weighted by molar-refractivity contribution is 0.0948. The molecule has 1 amide bonds. The van der Waals surface area contributed by atoms with Crippen LogP contribution in [-0.2, 0) is 13.0 Å². The number of aryl methyl sites for hydroxylation is 2. The Bertz CT molecular complexity index is 693. The van der Waals surface area contributed by atoms with Gasteiger partial charge >= 0.3 is 0 Å². The minimum absolute atomic E-state index is 0.175. The first kappa shape index (κ1) is 14.4. The number of amides is 1. The van der Waals surface area contributed by atoms with Crippen molar-refractivity contribution in [1.82, 2.24) is 10.5 Å². The van der Waals surface area contributed by atoms with Gasteiger partial charge in [0.1, 0.15) is 24.5 Å². The summed E-state index contributed by atoms with van der Waals surface area (Å²) in [6.07, 6.45) is 0.633. The van der Waals surface area contributed by atoms with Crippen molar-refractivity contribution in [3.8, 4) is 11.5 Å². The number of ether oxygens (including phenoxy) is 2. The van der Waals surface area contributed by atoms with Gasteiger partial charge in [-0.1, -0.05) is 18.1 Å². The molecular weight excluding hydrogens is 284 g/mol. The Morgan fingerprint density at radius 1 is 1.27 bits per heavy atom. The molecule has 0 aliphatic carbocycles. The molecule has 0 unspecified atom stereocenters. The lowest BCUT2D eigenvalue weighted by atomic mass is 10.1. The van der Waals surface area contributed by atoms with Crippen molar-refractivity contribution < 1.29 is 18.8 Å². The Labute approximate surface area is 128 Å². The molecule has 1 aliphatic rings. The van der Waals surface area contributed by atoms with Crippen molar-refractivity contribution in [3.63, 3.8) is 0 Å². The smallest absolute Gasteiger partial charge is 0.257 e. The van der Waals surface area contributed by atoms with Crippen LogP contribution in [0, 0.1) is 6.92 Å². The van der Waals surface area contributed by atoms with Crippen LogP contribution in [0.4, 0.5) is 0 Å². The number of aromatic nitrogens is 1. The first-order chi connectivity index (χ1) is 10.7. The summed E-state index contributed by atoms with van der Waals surface area (Å²) in [4.78, 5) is 12.3. The SMILES string of the molecule is CCc1onc(C)c1C(=O)NCc1ccc2c(c1)OCCO2. The maximum atomic E-state index is 12.3. The zero-order chi connectivity index (χ0) is 15.5. The van der Waals surface area contributed by atoms with Crippen molar-refractivity contribution in [3.05, 3.63) is 40.8 Å². The van der Waals surface area contributed by atoms with E-state index in [1.54, 1.807) is 6.92 Å². The van der Waals surface area contributed by atoms with E-state index < -0.39 is 0 Å². The van der Waals surface area contributed by atoms with Crippen LogP contribution in [0.5, 0.6) is 11.5 Å². The molecule has 6 nitrogen and oxygen atoms in total. The number of hydrogen-bond donors (Lipinski definition) is 1. The van der Waals surface area contributed by atoms with Gasteiger partial charge in [0.25, 0.3) is 5.91 Å². The van der Waals surface area contributed by atoms with E-state index in [1.165, 1.54) is 0 Å². The van der Waals surface area contributed by atoms with Gasteiger partial charge < -0.3 is 19.3 Å². The molecule has 1 aromatic carbocycles. The van der Waals surface area contributed by atoms with Gasteiger partial charge in [-0.2, -0.15) is 0 Å². The maximum Gasteiger partial charge on any atom is 0.257 e. The Morgan fingerprint density at radius 3 is 2.82 bits per heavy atom. The largest absolute Gasteiger partial charge is 0.486 e. The highest BCUT2D eigenvalue weighted by Crippen LogP contribution is 2.30. The standard InChI is InChI=1S/C16H18N2O4/c1-3-12-15(10(2)18-22-12)16(19)17-9-11-4-5-13-14(8-11)21-7-6-20-13/h4-5,8H,3,6-7,9H2,1-2H3,(H,17,19). The molecule has 22 heavy (non-hydrogen) atoms. The van der Waals surface area contributed by atoms with E-state index in [-0.39, 0.29) is 5.91 Å². The van der Waals surface area contributed by atoms with Crippen LogP contribution in [0.15, 0.2) is 22.7 Å². The van der Waals surface area contributed by atoms with E-state index in [4.69, 9.17) is 14.0 Å². The number of hydrogen-bond acceptors (Lipinski definition) is 5. The minimum atomic E-state index is -0.175. The second kappa shape index (κ2) is 6.09. The van der Waals surface area contributed by atoms with Crippen molar-refractivity contribution >= 4 is 5.91 Å². The van der Waals surface area contributed by atoms with E-state index in [1.807, 2.05) is 25.1 Å². The summed E-state index contributed by atoms with van der Waals surface area (Å²) in [5.41, 5.74) is 2.08. The molecule has 0 saturated heterocycles. The summed E-state index contributed by atoms with van der Waals surface area (Å²) < 4.78 is 16.2. The number of carbonyl (C=O) groups excluding carboxylic acids is 1. The summed E-state index contributed by atoms with van der Waals surface area (Å²) in [6.45, 7) is 5.21. The van der Waals surface area contributed by atoms with Crippen LogP contribution < -0.4 is 14.8 Å². The molecule has 0 saturated carbocycles. The number of nitrogens with one attached hydrogen (secondary N) is 1. The molecule has 3 rings (SSSR count). The number of nitrogens with zero attached hydrogens (tertiary/aromatic N) is 1. The van der Waals surface area contributed by atoms with Gasteiger partial charge in [-0.25, -0.2) is 0 Å². The summed E-state index contributed by atoms with van der Waals surface area (Å²) in [7, 11) is 0. The lowest BCUT2D eigenvalue weighted by Gasteiger charge is -2.19. The van der Waals surface area contributed by atoms with Gasteiger partial charge in [-0.15, -0.1) is 0 Å². The second-order valence-corrected chi connectivity index (χ2v) is 5.08. The molecular formula is C16H18N2O4. The van der Waals surface area contributed by atoms with Gasteiger partial charge in [0.15, 0.2) is 11.5 Å². The maximum absolute atomic E-state index is 12.3. The zero-order valence-electron chi connectivity index (χ0n) is 12.6. The molecule has 0 radical (unpaired) electrons. The van der Waals surface area contributed by atoms with Gasteiger partial charge in [0, 0.05) is 13.0 Å². The topological polar surface area (TPSA) is 73.6 Å². The fraction of sp³-hybridized carbons (Fsp3) is 0.375. The molecule has 1 aromatic heterocycles. The van der Waals surface area contributed by atoms with E-state index in [0.717, 1.165) is 11.3 Å². The normalized spacial score (nSPS) is 13.0. The molecule has 1 N–H and O–H groups in total. The fourth-order valence-electron chi connectivity index (χ4n) is 2.42. The number of rotatable bonds is 4. The first-order valence-electron chi connectivity index (χ1n) is 7.31. The van der Waals surface area contributed by atoms with E-state index in [0.29, 0.717) is 48.9 Å². The molecule has 1 aliphatic heterocycles. The third kappa shape index (κ3) is 2.77. The van der Waals surface area contributed by atoms with Crippen molar-refractivity contribution in [2.75, 3.05) is 13.2 Å². The van der Waals surface area contributed by atoms with Crippen molar-refractivity contribution in [2.45, 2.75) is 26.8 Å². The van der Waals surface area contributed by atoms with Gasteiger partial charge in [-0.3, -0.25) is 4.79 Å². The third-order valence-corrected chi connectivity index (χ3v) is 3.54. The predicted molar refractivity (Wildman–Crippen MR) is 79.2 cm³/mol. The van der Waals surface area contributed by atoms with Gasteiger partial charge in [0.2, 0.25) is 0 Å². The Morgan fingerprint density at radius 2 is 2.05 bits per heavy atom. The summed E-state index contributed by atoms with van der Waals surface area (Å²) in [6, 6.07) is 5.66. The number of carbonyl (C=O) groups is 1. The van der Waals surface area contributed by atoms with Crippen LogP contribution in [0.3, 0.4) is 0 Å². The van der Waals surface area contributed by atoms with Crippen molar-refractivity contribution in [1.29, 1.82) is 0 Å². The van der Waals surface area contributed by atoms with Gasteiger partial charge in [0.05, 0.1) is 5.69 Å². The Balaban J connectivity index is 1.69. The number of fused-ring (bicyclic) bond motifs is 1. The lowest BCUT2D eigenvalue weighted by Crippen LogP contribution is -2.24. The molecule has 0 spiro atoms. The average Bonchev–Trinajstić information content (AvgIpc) is 2.93. The predicted octanol–water partition coefficient (Wildman–Crippen LogP) is 2.25. The Kier molecular flexibility index (Phi) is 4.00. The minimum Gasteiger partial charge on any atom is -0.486 e. The highest BCUT2D eigenvalue weighted by Gasteiger charge is 2.19. The summed E-state index contributed by atoms with van der Waals surface area (Å²) in [5.74, 6) is 1.89. The molecule has 0 atom stereocenters. The average molecular weight is 302 g/mol. The molecule has 2 aromatic rings. The summed E-state index contributed by atoms with van der Waals surface area (Å²) >= 11 is 0. The van der Waals surface area contributed by atoms with Crippen molar-refractivity contribution in [2.24, 2.45) is 0 Å². The fourth-order valence-corrected chi connectivity index (χ4v) is 2.42. The van der Waals surface area contributed by atoms with Crippen LogP contribution in [0.1, 0.15) is 34.3 Å². The summed E-state index contributed by atoms with van der Waals surface area (Å²) in [5, 5.41) is 6.74. The van der Waals surface area contributed by atoms with Crippen LogP contribution >= 0.6 is 0 Å². The Hall–Kier alpha value is -2.50. The van der Waals surface area contributed by atoms with E-state index in [2.05, 4.69) is 10.5 Å². The highest BCUT2D eigenvalue weighted by molar-refractivity contribution is 5.96. The van der Waals surface area contributed by atoms with Crippen LogP contribution in [0.25, 0.3) is 0 Å². The first-order valence-corrected chi connectivity index (χ1v) is 7.31. The van der Waals surface area contributed by atoms with Crippen LogP contribution in [-0.4, -0.2) is 24.3 Å². The van der Waals surface area contributed by atoms with E-state index in [9.17, 15) is 4.79 Å². The molecule has 2 heterocycles. The molecule has 116 valence electrons. The quantitative estimate of drug-likeness (QED) is 0.937. The molecule has 6 heteroatoms. The van der Waals surface area contributed by atoms with E-state index >= 15 is 0 Å². The molecule has 0 bridgehead atoms. The van der Waals surface area contributed by atoms with Gasteiger partial charge in [-0.05, 0) is 24.6 Å². The molecule has 0 fully saturated rings. The van der Waals surface area contributed by atoms with Crippen LogP contribution in [0.2, 0.25) is 0 Å². The number of benzene rings is 1. The third-order valence-electron chi connectivity index (χ3n) is 3.54. The zero-order valence-corrected chi connectivity index (χ0v) is 12.6. The second-order valence-electron chi connectivity index (χ2n) is 5.08.